The predicted molar refractivity (Wildman–Crippen MR) is 78.1 cm³/mol. The van der Waals surface area contributed by atoms with Crippen molar-refractivity contribution in [3.63, 3.8) is 0 Å². The van der Waals surface area contributed by atoms with E-state index in [1.165, 1.54) is 31.4 Å². The SMILES string of the molecule is COCCNC(=O)CCN(c1ccccc1F)S(C)(=O)=O. The van der Waals surface area contributed by atoms with Crippen molar-refractivity contribution in [1.29, 1.82) is 0 Å². The zero-order valence-corrected chi connectivity index (χ0v) is 12.8. The lowest BCUT2D eigenvalue weighted by Crippen LogP contribution is -2.35. The largest absolute Gasteiger partial charge is 0.383 e. The summed E-state index contributed by atoms with van der Waals surface area (Å²) in [6, 6.07) is 5.54. The van der Waals surface area contributed by atoms with Gasteiger partial charge in [-0.15, -0.1) is 0 Å². The van der Waals surface area contributed by atoms with E-state index < -0.39 is 15.8 Å². The van der Waals surface area contributed by atoms with E-state index in [2.05, 4.69) is 5.32 Å². The van der Waals surface area contributed by atoms with Crippen LogP contribution in [-0.4, -0.2) is 47.4 Å². The van der Waals surface area contributed by atoms with Crippen molar-refractivity contribution in [3.05, 3.63) is 30.1 Å². The molecule has 0 heterocycles. The number of para-hydroxylation sites is 1. The van der Waals surface area contributed by atoms with Crippen molar-refractivity contribution in [2.24, 2.45) is 0 Å². The van der Waals surface area contributed by atoms with Gasteiger partial charge >= 0.3 is 0 Å². The van der Waals surface area contributed by atoms with Crippen LogP contribution < -0.4 is 9.62 Å². The summed E-state index contributed by atoms with van der Waals surface area (Å²) in [5.41, 5.74) is -0.0651. The van der Waals surface area contributed by atoms with Crippen LogP contribution in [0.25, 0.3) is 0 Å². The molecule has 0 aliphatic heterocycles. The Balaban J connectivity index is 2.74. The molecule has 8 heteroatoms. The molecule has 0 fully saturated rings. The molecule has 1 rings (SSSR count). The Labute approximate surface area is 123 Å². The summed E-state index contributed by atoms with van der Waals surface area (Å²) >= 11 is 0. The normalized spacial score (nSPS) is 11.2. The molecule has 1 amide bonds. The minimum Gasteiger partial charge on any atom is -0.383 e. The highest BCUT2D eigenvalue weighted by molar-refractivity contribution is 7.92. The van der Waals surface area contributed by atoms with Crippen molar-refractivity contribution in [1.82, 2.24) is 5.32 Å². The average molecular weight is 318 g/mol. The van der Waals surface area contributed by atoms with Crippen molar-refractivity contribution in [2.45, 2.75) is 6.42 Å². The summed E-state index contributed by atoms with van der Waals surface area (Å²) in [7, 11) is -2.16. The number of carbonyl (C=O) groups is 1. The molecule has 0 aliphatic rings. The first-order valence-corrected chi connectivity index (χ1v) is 8.19. The van der Waals surface area contributed by atoms with E-state index in [1.807, 2.05) is 0 Å². The fourth-order valence-corrected chi connectivity index (χ4v) is 2.63. The third-order valence-electron chi connectivity index (χ3n) is 2.69. The van der Waals surface area contributed by atoms with Crippen LogP contribution in [0.4, 0.5) is 10.1 Å². The molecule has 21 heavy (non-hydrogen) atoms. The second kappa shape index (κ2) is 7.94. The van der Waals surface area contributed by atoms with Gasteiger partial charge in [0.1, 0.15) is 5.82 Å². The van der Waals surface area contributed by atoms with Crippen LogP contribution >= 0.6 is 0 Å². The number of sulfonamides is 1. The number of anilines is 1. The van der Waals surface area contributed by atoms with E-state index >= 15 is 0 Å². The number of hydrogen-bond acceptors (Lipinski definition) is 4. The number of nitrogens with zero attached hydrogens (tertiary/aromatic N) is 1. The van der Waals surface area contributed by atoms with Gasteiger partial charge in [-0.3, -0.25) is 9.10 Å². The highest BCUT2D eigenvalue weighted by Gasteiger charge is 2.21. The van der Waals surface area contributed by atoms with Crippen molar-refractivity contribution in [3.8, 4) is 0 Å². The summed E-state index contributed by atoms with van der Waals surface area (Å²) in [6.45, 7) is 0.585. The molecule has 0 bridgehead atoms. The summed E-state index contributed by atoms with van der Waals surface area (Å²) < 4.78 is 42.9. The van der Waals surface area contributed by atoms with E-state index in [4.69, 9.17) is 4.74 Å². The Morgan fingerprint density at radius 1 is 1.38 bits per heavy atom. The monoisotopic (exact) mass is 318 g/mol. The molecule has 6 nitrogen and oxygen atoms in total. The van der Waals surface area contributed by atoms with Gasteiger partial charge in [-0.25, -0.2) is 12.8 Å². The molecule has 0 aliphatic carbocycles. The van der Waals surface area contributed by atoms with E-state index in [9.17, 15) is 17.6 Å². The molecular weight excluding hydrogens is 299 g/mol. The highest BCUT2D eigenvalue weighted by Crippen LogP contribution is 2.21. The van der Waals surface area contributed by atoms with E-state index in [0.29, 0.717) is 13.2 Å². The van der Waals surface area contributed by atoms with Crippen molar-refractivity contribution in [2.75, 3.05) is 37.4 Å². The number of hydrogen-bond donors (Lipinski definition) is 1. The van der Waals surface area contributed by atoms with Crippen LogP contribution in [0.3, 0.4) is 0 Å². The second-order valence-electron chi connectivity index (χ2n) is 4.38. The van der Waals surface area contributed by atoms with Gasteiger partial charge in [-0.1, -0.05) is 12.1 Å². The molecule has 0 atom stereocenters. The molecule has 1 aromatic carbocycles. The maximum Gasteiger partial charge on any atom is 0.232 e. The number of nitrogens with one attached hydrogen (secondary N) is 1. The Bertz CT molecular complexity index is 577. The Morgan fingerprint density at radius 3 is 2.62 bits per heavy atom. The molecule has 0 aromatic heterocycles. The number of amides is 1. The lowest BCUT2D eigenvalue weighted by atomic mass is 10.3. The quantitative estimate of drug-likeness (QED) is 0.718. The number of methoxy groups -OCH3 is 1. The van der Waals surface area contributed by atoms with Gasteiger partial charge in [0.15, 0.2) is 0 Å². The molecule has 1 N–H and O–H groups in total. The first kappa shape index (κ1) is 17.4. The molecule has 0 saturated heterocycles. The zero-order chi connectivity index (χ0) is 15.9. The van der Waals surface area contributed by atoms with Gasteiger partial charge in [0.2, 0.25) is 15.9 Å². The van der Waals surface area contributed by atoms with E-state index in [0.717, 1.165) is 10.6 Å². The third-order valence-corrected chi connectivity index (χ3v) is 3.87. The van der Waals surface area contributed by atoms with Crippen LogP contribution in [0, 0.1) is 5.82 Å². The number of carbonyl (C=O) groups excluding carboxylic acids is 1. The van der Waals surface area contributed by atoms with E-state index in [1.54, 1.807) is 0 Å². The van der Waals surface area contributed by atoms with Gasteiger partial charge in [-0.2, -0.15) is 0 Å². The fraction of sp³-hybridized carbons (Fsp3) is 0.462. The summed E-state index contributed by atoms with van der Waals surface area (Å²) in [5.74, 6) is -0.972. The van der Waals surface area contributed by atoms with Crippen LogP contribution in [0.15, 0.2) is 24.3 Å². The lowest BCUT2D eigenvalue weighted by molar-refractivity contribution is -0.121. The number of benzene rings is 1. The molecular formula is C13H19FN2O4S. The first-order valence-electron chi connectivity index (χ1n) is 6.34. The molecule has 0 saturated carbocycles. The summed E-state index contributed by atoms with van der Waals surface area (Å²) in [6.07, 6.45) is 0.910. The van der Waals surface area contributed by atoms with Gasteiger partial charge in [-0.05, 0) is 12.1 Å². The molecule has 0 radical (unpaired) electrons. The highest BCUT2D eigenvalue weighted by atomic mass is 32.2. The Hall–Kier alpha value is -1.67. The number of halogens is 1. The smallest absolute Gasteiger partial charge is 0.232 e. The zero-order valence-electron chi connectivity index (χ0n) is 12.0. The molecule has 118 valence electrons. The van der Waals surface area contributed by atoms with Crippen molar-refractivity contribution < 1.29 is 22.3 Å². The molecule has 0 spiro atoms. The van der Waals surface area contributed by atoms with Gasteiger partial charge in [0, 0.05) is 26.6 Å². The maximum absolute atomic E-state index is 13.7. The Kier molecular flexibility index (Phi) is 6.57. The molecule has 1 aromatic rings. The first-order chi connectivity index (χ1) is 9.86. The van der Waals surface area contributed by atoms with Crippen molar-refractivity contribution >= 4 is 21.6 Å². The van der Waals surface area contributed by atoms with Gasteiger partial charge in [0.05, 0.1) is 18.6 Å². The molecule has 0 unspecified atom stereocenters. The number of rotatable bonds is 8. The third kappa shape index (κ3) is 5.68. The average Bonchev–Trinajstić information content (AvgIpc) is 2.40. The van der Waals surface area contributed by atoms with Gasteiger partial charge < -0.3 is 10.1 Å². The van der Waals surface area contributed by atoms with Gasteiger partial charge in [0.25, 0.3) is 0 Å². The predicted octanol–water partition coefficient (Wildman–Crippen LogP) is 0.744. The topological polar surface area (TPSA) is 75.7 Å². The number of ether oxygens (including phenoxy) is 1. The Morgan fingerprint density at radius 2 is 2.05 bits per heavy atom. The minimum absolute atomic E-state index is 0.0644. The van der Waals surface area contributed by atoms with Crippen LogP contribution in [-0.2, 0) is 19.6 Å². The van der Waals surface area contributed by atoms with Crippen LogP contribution in [0.2, 0.25) is 0 Å². The lowest BCUT2D eigenvalue weighted by Gasteiger charge is -2.22. The maximum atomic E-state index is 13.7. The van der Waals surface area contributed by atoms with Crippen LogP contribution in [0.5, 0.6) is 0 Å². The standard InChI is InChI=1S/C13H19FN2O4S/c1-20-10-8-15-13(17)7-9-16(21(2,18)19)12-6-4-3-5-11(12)14/h3-6H,7-10H2,1-2H3,(H,15,17). The second-order valence-corrected chi connectivity index (χ2v) is 6.29. The summed E-state index contributed by atoms with van der Waals surface area (Å²) in [4.78, 5) is 11.6. The minimum atomic E-state index is -3.67. The fourth-order valence-electron chi connectivity index (χ4n) is 1.70. The van der Waals surface area contributed by atoms with E-state index in [-0.39, 0.29) is 24.6 Å². The summed E-state index contributed by atoms with van der Waals surface area (Å²) in [5, 5.41) is 2.58. The van der Waals surface area contributed by atoms with Crippen LogP contribution in [0.1, 0.15) is 6.42 Å².